The van der Waals surface area contributed by atoms with Crippen LogP contribution in [0.2, 0.25) is 0 Å². The summed E-state index contributed by atoms with van der Waals surface area (Å²) in [5.74, 6) is 1.06. The van der Waals surface area contributed by atoms with E-state index in [0.29, 0.717) is 0 Å². The fourth-order valence-electron chi connectivity index (χ4n) is 2.15. The molecule has 0 amide bonds. The van der Waals surface area contributed by atoms with Crippen molar-refractivity contribution < 1.29 is 0 Å². The summed E-state index contributed by atoms with van der Waals surface area (Å²) in [6.07, 6.45) is 4.61. The average molecular weight is 298 g/mol. The number of rotatable bonds is 4. The Kier molecular flexibility index (Phi) is 4.40. The largest absolute Gasteiger partial charge is 0.358 e. The maximum atomic E-state index is 4.44. The van der Waals surface area contributed by atoms with Crippen LogP contribution in [0, 0.1) is 6.92 Å². The number of hydrogen-bond acceptors (Lipinski definition) is 3. The minimum Gasteiger partial charge on any atom is -0.358 e. The van der Waals surface area contributed by atoms with E-state index in [1.807, 2.05) is 6.20 Å². The second-order valence-electron chi connectivity index (χ2n) is 4.76. The molecule has 1 aliphatic rings. The molecule has 1 aromatic rings. The lowest BCUT2D eigenvalue weighted by atomic mass is 10.3. The summed E-state index contributed by atoms with van der Waals surface area (Å²) in [4.78, 5) is 9.21. The van der Waals surface area contributed by atoms with Crippen LogP contribution in [0.15, 0.2) is 16.7 Å². The third-order valence-corrected chi connectivity index (χ3v) is 4.20. The minimum absolute atomic E-state index is 1.05. The Labute approximate surface area is 112 Å². The van der Waals surface area contributed by atoms with Crippen LogP contribution >= 0.6 is 15.9 Å². The first-order chi connectivity index (χ1) is 8.16. The maximum absolute atomic E-state index is 4.44. The summed E-state index contributed by atoms with van der Waals surface area (Å²) in [5.41, 5.74) is 1.24. The standard InChI is InChI=1S/C13H20BrN3/c1-11-9-13(15-10-12(11)14)16(2)7-8-17-5-3-4-6-17/h9-10H,3-8H2,1-2H3. The van der Waals surface area contributed by atoms with Gasteiger partial charge < -0.3 is 9.80 Å². The average Bonchev–Trinajstić information content (AvgIpc) is 2.82. The fraction of sp³-hybridized carbons (Fsp3) is 0.615. The minimum atomic E-state index is 1.05. The molecule has 1 aliphatic heterocycles. The lowest BCUT2D eigenvalue weighted by molar-refractivity contribution is 0.346. The van der Waals surface area contributed by atoms with Gasteiger partial charge in [-0.15, -0.1) is 0 Å². The van der Waals surface area contributed by atoms with E-state index < -0.39 is 0 Å². The summed E-state index contributed by atoms with van der Waals surface area (Å²) in [6.45, 7) is 6.83. The molecule has 2 rings (SSSR count). The number of nitrogens with zero attached hydrogens (tertiary/aromatic N) is 3. The van der Waals surface area contributed by atoms with Gasteiger partial charge in [0.2, 0.25) is 0 Å². The molecule has 2 heterocycles. The molecule has 0 saturated carbocycles. The molecule has 3 nitrogen and oxygen atoms in total. The van der Waals surface area contributed by atoms with Gasteiger partial charge in [-0.3, -0.25) is 0 Å². The first kappa shape index (κ1) is 12.8. The van der Waals surface area contributed by atoms with Gasteiger partial charge in [0.25, 0.3) is 0 Å². The highest BCUT2D eigenvalue weighted by atomic mass is 79.9. The maximum Gasteiger partial charge on any atom is 0.128 e. The number of anilines is 1. The monoisotopic (exact) mass is 297 g/mol. The molecule has 94 valence electrons. The van der Waals surface area contributed by atoms with Crippen molar-refractivity contribution in [2.24, 2.45) is 0 Å². The quantitative estimate of drug-likeness (QED) is 0.852. The number of halogens is 1. The Morgan fingerprint density at radius 2 is 2.12 bits per heavy atom. The molecule has 0 N–H and O–H groups in total. The van der Waals surface area contributed by atoms with Crippen molar-refractivity contribution in [3.63, 3.8) is 0 Å². The van der Waals surface area contributed by atoms with E-state index in [4.69, 9.17) is 0 Å². The van der Waals surface area contributed by atoms with Gasteiger partial charge in [-0.25, -0.2) is 4.98 Å². The lowest BCUT2D eigenvalue weighted by Crippen LogP contribution is -2.31. The van der Waals surface area contributed by atoms with E-state index in [1.54, 1.807) is 0 Å². The Bertz CT molecular complexity index is 375. The number of likely N-dealkylation sites (tertiary alicyclic amines) is 1. The summed E-state index contributed by atoms with van der Waals surface area (Å²) in [7, 11) is 2.12. The van der Waals surface area contributed by atoms with Gasteiger partial charge >= 0.3 is 0 Å². The van der Waals surface area contributed by atoms with Crippen molar-refractivity contribution in [3.05, 3.63) is 22.3 Å². The van der Waals surface area contributed by atoms with E-state index in [0.717, 1.165) is 23.4 Å². The van der Waals surface area contributed by atoms with Crippen molar-refractivity contribution in [2.45, 2.75) is 19.8 Å². The third-order valence-electron chi connectivity index (χ3n) is 3.37. The van der Waals surface area contributed by atoms with Gasteiger partial charge in [0, 0.05) is 30.8 Å². The van der Waals surface area contributed by atoms with Crippen LogP contribution in [0.1, 0.15) is 18.4 Å². The highest BCUT2D eigenvalue weighted by Gasteiger charge is 2.12. The highest BCUT2D eigenvalue weighted by molar-refractivity contribution is 9.10. The molecular formula is C13H20BrN3. The molecule has 0 spiro atoms. The normalized spacial score (nSPS) is 16.4. The number of hydrogen-bond donors (Lipinski definition) is 0. The highest BCUT2D eigenvalue weighted by Crippen LogP contribution is 2.19. The fourth-order valence-corrected chi connectivity index (χ4v) is 2.36. The number of aryl methyl sites for hydroxylation is 1. The summed E-state index contributed by atoms with van der Waals surface area (Å²) < 4.78 is 1.08. The zero-order valence-electron chi connectivity index (χ0n) is 10.6. The van der Waals surface area contributed by atoms with Crippen LogP contribution in [0.5, 0.6) is 0 Å². The van der Waals surface area contributed by atoms with Crippen molar-refractivity contribution in [1.29, 1.82) is 0 Å². The van der Waals surface area contributed by atoms with Crippen LogP contribution < -0.4 is 4.90 Å². The molecular weight excluding hydrogens is 278 g/mol. The topological polar surface area (TPSA) is 19.4 Å². The van der Waals surface area contributed by atoms with Crippen molar-refractivity contribution in [3.8, 4) is 0 Å². The first-order valence-electron chi connectivity index (χ1n) is 6.22. The van der Waals surface area contributed by atoms with Crippen molar-refractivity contribution in [1.82, 2.24) is 9.88 Å². The zero-order chi connectivity index (χ0) is 12.3. The Morgan fingerprint density at radius 1 is 1.41 bits per heavy atom. The van der Waals surface area contributed by atoms with Crippen LogP contribution in [0.4, 0.5) is 5.82 Å². The van der Waals surface area contributed by atoms with E-state index in [-0.39, 0.29) is 0 Å². The number of aromatic nitrogens is 1. The Balaban J connectivity index is 1.89. The molecule has 1 saturated heterocycles. The number of pyridine rings is 1. The van der Waals surface area contributed by atoms with E-state index in [9.17, 15) is 0 Å². The predicted molar refractivity (Wildman–Crippen MR) is 75.6 cm³/mol. The summed E-state index contributed by atoms with van der Waals surface area (Å²) >= 11 is 3.48. The Hall–Kier alpha value is -0.610. The summed E-state index contributed by atoms with van der Waals surface area (Å²) in [5, 5.41) is 0. The molecule has 0 radical (unpaired) electrons. The van der Waals surface area contributed by atoms with Crippen LogP contribution in [0.3, 0.4) is 0 Å². The molecule has 1 aromatic heterocycles. The van der Waals surface area contributed by atoms with Crippen LogP contribution in [-0.4, -0.2) is 43.1 Å². The lowest BCUT2D eigenvalue weighted by Gasteiger charge is -2.22. The second kappa shape index (κ2) is 5.83. The van der Waals surface area contributed by atoms with Crippen molar-refractivity contribution >= 4 is 21.7 Å². The van der Waals surface area contributed by atoms with Gasteiger partial charge in [-0.1, -0.05) is 0 Å². The first-order valence-corrected chi connectivity index (χ1v) is 7.02. The summed E-state index contributed by atoms with van der Waals surface area (Å²) in [6, 6.07) is 2.13. The molecule has 0 atom stereocenters. The molecule has 17 heavy (non-hydrogen) atoms. The van der Waals surface area contributed by atoms with Crippen molar-refractivity contribution in [2.75, 3.05) is 38.1 Å². The molecule has 0 aromatic carbocycles. The zero-order valence-corrected chi connectivity index (χ0v) is 12.2. The second-order valence-corrected chi connectivity index (χ2v) is 5.62. The van der Waals surface area contributed by atoms with Gasteiger partial charge in [0.15, 0.2) is 0 Å². The number of likely N-dealkylation sites (N-methyl/N-ethyl adjacent to an activating group) is 1. The molecule has 1 fully saturated rings. The van der Waals surface area contributed by atoms with Gasteiger partial charge in [-0.2, -0.15) is 0 Å². The van der Waals surface area contributed by atoms with E-state index in [2.05, 4.69) is 50.8 Å². The molecule has 4 heteroatoms. The van der Waals surface area contributed by atoms with Gasteiger partial charge in [0.1, 0.15) is 5.82 Å². The molecule has 0 bridgehead atoms. The third kappa shape index (κ3) is 3.42. The molecule has 0 aliphatic carbocycles. The SMILES string of the molecule is Cc1cc(N(C)CCN2CCCC2)ncc1Br. The molecule has 0 unspecified atom stereocenters. The van der Waals surface area contributed by atoms with Crippen LogP contribution in [-0.2, 0) is 0 Å². The van der Waals surface area contributed by atoms with E-state index >= 15 is 0 Å². The Morgan fingerprint density at radius 3 is 2.76 bits per heavy atom. The smallest absolute Gasteiger partial charge is 0.128 e. The van der Waals surface area contributed by atoms with E-state index in [1.165, 1.54) is 31.5 Å². The van der Waals surface area contributed by atoms with Crippen LogP contribution in [0.25, 0.3) is 0 Å². The predicted octanol–water partition coefficient (Wildman–Crippen LogP) is 2.68. The van der Waals surface area contributed by atoms with Gasteiger partial charge in [0.05, 0.1) is 0 Å². The van der Waals surface area contributed by atoms with Gasteiger partial charge in [-0.05, 0) is 60.4 Å².